The number of aliphatic hydroxyl groups excluding tert-OH is 1. The number of amides is 1. The van der Waals surface area contributed by atoms with Crippen molar-refractivity contribution >= 4 is 5.91 Å². The molecule has 2 N–H and O–H groups in total. The molecule has 0 aliphatic rings. The Bertz CT molecular complexity index is 610. The van der Waals surface area contributed by atoms with Gasteiger partial charge in [-0.15, -0.1) is 0 Å². The number of nitrogens with zero attached hydrogens (tertiary/aromatic N) is 3. The Labute approximate surface area is 123 Å². The molecule has 0 radical (unpaired) electrons. The van der Waals surface area contributed by atoms with Crippen molar-refractivity contribution in [1.82, 2.24) is 20.1 Å². The normalized spacial score (nSPS) is 13.7. The SMILES string of the molecule is Cc1cc(C(=O)NC(C)C(C)CO)ccc1-n1cncn1. The molecule has 6 nitrogen and oxygen atoms in total. The number of rotatable bonds is 5. The van der Waals surface area contributed by atoms with Gasteiger partial charge in [0.2, 0.25) is 0 Å². The molecule has 1 amide bonds. The Hall–Kier alpha value is -2.21. The number of hydrogen-bond acceptors (Lipinski definition) is 4. The first-order valence-corrected chi connectivity index (χ1v) is 6.90. The molecule has 1 heterocycles. The van der Waals surface area contributed by atoms with Gasteiger partial charge in [-0.2, -0.15) is 5.10 Å². The third-order valence-electron chi connectivity index (χ3n) is 3.62. The van der Waals surface area contributed by atoms with Crippen LogP contribution < -0.4 is 5.32 Å². The first kappa shape index (κ1) is 15.2. The van der Waals surface area contributed by atoms with E-state index < -0.39 is 0 Å². The lowest BCUT2D eigenvalue weighted by atomic mass is 10.0. The molecule has 0 aliphatic heterocycles. The number of aromatic nitrogens is 3. The molecule has 2 rings (SSSR count). The average Bonchev–Trinajstić information content (AvgIpc) is 3.00. The van der Waals surface area contributed by atoms with Crippen molar-refractivity contribution in [2.75, 3.05) is 6.61 Å². The van der Waals surface area contributed by atoms with Gasteiger partial charge in [-0.1, -0.05) is 6.92 Å². The van der Waals surface area contributed by atoms with Crippen LogP contribution in [0.15, 0.2) is 30.9 Å². The highest BCUT2D eigenvalue weighted by Gasteiger charge is 2.15. The highest BCUT2D eigenvalue weighted by atomic mass is 16.3. The van der Waals surface area contributed by atoms with E-state index in [-0.39, 0.29) is 24.5 Å². The molecule has 2 unspecified atom stereocenters. The second-order valence-corrected chi connectivity index (χ2v) is 5.26. The van der Waals surface area contributed by atoms with Gasteiger partial charge in [0, 0.05) is 18.2 Å². The minimum atomic E-state index is -0.143. The number of aryl methyl sites for hydroxylation is 1. The van der Waals surface area contributed by atoms with Gasteiger partial charge < -0.3 is 10.4 Å². The summed E-state index contributed by atoms with van der Waals surface area (Å²) in [6.45, 7) is 5.75. The van der Waals surface area contributed by atoms with E-state index >= 15 is 0 Å². The topological polar surface area (TPSA) is 80.0 Å². The first-order valence-electron chi connectivity index (χ1n) is 6.90. The van der Waals surface area contributed by atoms with E-state index in [0.29, 0.717) is 5.56 Å². The Morgan fingerprint density at radius 1 is 1.43 bits per heavy atom. The molecule has 0 spiro atoms. The number of carbonyl (C=O) groups excluding carboxylic acids is 1. The van der Waals surface area contributed by atoms with Crippen LogP contribution in [-0.2, 0) is 0 Å². The van der Waals surface area contributed by atoms with E-state index in [0.717, 1.165) is 11.3 Å². The largest absolute Gasteiger partial charge is 0.396 e. The summed E-state index contributed by atoms with van der Waals surface area (Å²) in [6, 6.07) is 5.34. The van der Waals surface area contributed by atoms with Crippen molar-refractivity contribution in [2.24, 2.45) is 5.92 Å². The molecule has 1 aromatic heterocycles. The highest BCUT2D eigenvalue weighted by Crippen LogP contribution is 2.15. The zero-order valence-electron chi connectivity index (χ0n) is 12.4. The summed E-state index contributed by atoms with van der Waals surface area (Å²) < 4.78 is 1.66. The fraction of sp³-hybridized carbons (Fsp3) is 0.400. The molecule has 1 aromatic carbocycles. The summed E-state index contributed by atoms with van der Waals surface area (Å²) in [5.41, 5.74) is 2.42. The van der Waals surface area contributed by atoms with Crippen LogP contribution in [0.5, 0.6) is 0 Å². The van der Waals surface area contributed by atoms with Crippen LogP contribution in [0.25, 0.3) is 5.69 Å². The molecule has 21 heavy (non-hydrogen) atoms. The molecule has 0 fully saturated rings. The second-order valence-electron chi connectivity index (χ2n) is 5.26. The van der Waals surface area contributed by atoms with Gasteiger partial charge >= 0.3 is 0 Å². The Kier molecular flexibility index (Phi) is 4.70. The van der Waals surface area contributed by atoms with E-state index in [1.54, 1.807) is 17.1 Å². The molecule has 2 aromatic rings. The quantitative estimate of drug-likeness (QED) is 0.869. The maximum atomic E-state index is 12.2. The van der Waals surface area contributed by atoms with Crippen LogP contribution in [0, 0.1) is 12.8 Å². The summed E-state index contributed by atoms with van der Waals surface area (Å²) in [4.78, 5) is 16.1. The second kappa shape index (κ2) is 6.49. The van der Waals surface area contributed by atoms with Crippen LogP contribution in [0.2, 0.25) is 0 Å². The van der Waals surface area contributed by atoms with Crippen molar-refractivity contribution < 1.29 is 9.90 Å². The number of hydrogen-bond donors (Lipinski definition) is 2. The van der Waals surface area contributed by atoms with Crippen LogP contribution >= 0.6 is 0 Å². The Morgan fingerprint density at radius 2 is 2.19 bits per heavy atom. The van der Waals surface area contributed by atoms with E-state index in [9.17, 15) is 4.79 Å². The predicted octanol–water partition coefficient (Wildman–Crippen LogP) is 1.32. The smallest absolute Gasteiger partial charge is 0.251 e. The standard InChI is InChI=1S/C15H20N4O2/c1-10-6-13(15(21)18-12(3)11(2)7-20)4-5-14(10)19-9-16-8-17-19/h4-6,8-9,11-12,20H,7H2,1-3H3,(H,18,21). The summed E-state index contributed by atoms with van der Waals surface area (Å²) in [5, 5.41) is 16.1. The predicted molar refractivity (Wildman–Crippen MR) is 79.3 cm³/mol. The Balaban J connectivity index is 2.15. The van der Waals surface area contributed by atoms with Crippen molar-refractivity contribution in [2.45, 2.75) is 26.8 Å². The van der Waals surface area contributed by atoms with Crippen LogP contribution in [0.4, 0.5) is 0 Å². The van der Waals surface area contributed by atoms with E-state index in [4.69, 9.17) is 5.11 Å². The molecule has 112 valence electrons. The number of nitrogens with one attached hydrogen (secondary N) is 1. The van der Waals surface area contributed by atoms with Crippen LogP contribution in [0.1, 0.15) is 29.8 Å². The summed E-state index contributed by atoms with van der Waals surface area (Å²) in [6.07, 6.45) is 3.09. The Morgan fingerprint density at radius 3 is 2.76 bits per heavy atom. The number of carbonyl (C=O) groups is 1. The molecule has 2 atom stereocenters. The van der Waals surface area contributed by atoms with E-state index in [1.807, 2.05) is 32.9 Å². The number of benzene rings is 1. The third-order valence-corrected chi connectivity index (χ3v) is 3.62. The van der Waals surface area contributed by atoms with Gasteiger partial charge in [-0.25, -0.2) is 9.67 Å². The van der Waals surface area contributed by atoms with E-state index in [1.165, 1.54) is 6.33 Å². The lowest BCUT2D eigenvalue weighted by Gasteiger charge is -2.19. The maximum absolute atomic E-state index is 12.2. The van der Waals surface area contributed by atoms with Crippen LogP contribution in [0.3, 0.4) is 0 Å². The first-order chi connectivity index (χ1) is 10.0. The zero-order valence-corrected chi connectivity index (χ0v) is 12.4. The minimum Gasteiger partial charge on any atom is -0.396 e. The fourth-order valence-electron chi connectivity index (χ4n) is 1.98. The molecule has 0 aliphatic carbocycles. The number of aliphatic hydroxyl groups is 1. The van der Waals surface area contributed by atoms with Gasteiger partial charge in [0.05, 0.1) is 5.69 Å². The molecule has 0 bridgehead atoms. The van der Waals surface area contributed by atoms with Crippen molar-refractivity contribution in [3.05, 3.63) is 42.0 Å². The zero-order chi connectivity index (χ0) is 15.4. The molecule has 0 saturated heterocycles. The van der Waals surface area contributed by atoms with Gasteiger partial charge in [-0.3, -0.25) is 4.79 Å². The van der Waals surface area contributed by atoms with Crippen LogP contribution in [-0.4, -0.2) is 38.4 Å². The maximum Gasteiger partial charge on any atom is 0.251 e. The van der Waals surface area contributed by atoms with Gasteiger partial charge in [0.25, 0.3) is 5.91 Å². The van der Waals surface area contributed by atoms with Crippen molar-refractivity contribution in [1.29, 1.82) is 0 Å². The van der Waals surface area contributed by atoms with Gasteiger partial charge in [0.1, 0.15) is 12.7 Å². The summed E-state index contributed by atoms with van der Waals surface area (Å²) in [7, 11) is 0. The highest BCUT2D eigenvalue weighted by molar-refractivity contribution is 5.94. The lowest BCUT2D eigenvalue weighted by molar-refractivity contribution is 0.0916. The minimum absolute atomic E-state index is 0.0180. The monoisotopic (exact) mass is 288 g/mol. The molecule has 0 saturated carbocycles. The van der Waals surface area contributed by atoms with Crippen molar-refractivity contribution in [3.63, 3.8) is 0 Å². The van der Waals surface area contributed by atoms with E-state index in [2.05, 4.69) is 15.4 Å². The van der Waals surface area contributed by atoms with Gasteiger partial charge in [-0.05, 0) is 43.5 Å². The average molecular weight is 288 g/mol. The summed E-state index contributed by atoms with van der Waals surface area (Å²) in [5.74, 6) is -0.125. The fourth-order valence-corrected chi connectivity index (χ4v) is 1.98. The lowest BCUT2D eigenvalue weighted by Crippen LogP contribution is -2.38. The molecule has 6 heteroatoms. The van der Waals surface area contributed by atoms with Gasteiger partial charge in [0.15, 0.2) is 0 Å². The molecular formula is C15H20N4O2. The van der Waals surface area contributed by atoms with Crippen molar-refractivity contribution in [3.8, 4) is 5.69 Å². The summed E-state index contributed by atoms with van der Waals surface area (Å²) >= 11 is 0. The third kappa shape index (κ3) is 3.46. The molecular weight excluding hydrogens is 268 g/mol.